The van der Waals surface area contributed by atoms with Gasteiger partial charge in [-0.05, 0) is 49.9 Å². The first kappa shape index (κ1) is 23.6. The van der Waals surface area contributed by atoms with Gasteiger partial charge in [-0.25, -0.2) is 4.99 Å². The summed E-state index contributed by atoms with van der Waals surface area (Å²) in [6, 6.07) is 12.6. The SMILES string of the molecule is CCNC(=NCc1cc(C)cc(OC)c1)NC1CCN(c2cc(OC)cc(OC)c2)CC1. The van der Waals surface area contributed by atoms with Crippen LogP contribution in [0.3, 0.4) is 0 Å². The van der Waals surface area contributed by atoms with Crippen molar-refractivity contribution in [3.05, 3.63) is 47.5 Å². The summed E-state index contributed by atoms with van der Waals surface area (Å²) in [7, 11) is 5.06. The van der Waals surface area contributed by atoms with Gasteiger partial charge in [-0.2, -0.15) is 0 Å². The molecule has 0 saturated carbocycles. The van der Waals surface area contributed by atoms with E-state index in [0.717, 1.165) is 66.9 Å². The average Bonchev–Trinajstić information content (AvgIpc) is 2.82. The molecule has 7 heteroatoms. The van der Waals surface area contributed by atoms with E-state index in [9.17, 15) is 0 Å². The lowest BCUT2D eigenvalue weighted by atomic mass is 10.0. The first-order valence-corrected chi connectivity index (χ1v) is 11.2. The Hall–Kier alpha value is -3.09. The van der Waals surface area contributed by atoms with Crippen LogP contribution < -0.4 is 29.7 Å². The number of hydrogen-bond acceptors (Lipinski definition) is 5. The summed E-state index contributed by atoms with van der Waals surface area (Å²) in [5.74, 6) is 3.35. The van der Waals surface area contributed by atoms with Crippen molar-refractivity contribution in [3.8, 4) is 17.2 Å². The van der Waals surface area contributed by atoms with E-state index in [2.05, 4.69) is 47.6 Å². The number of aryl methyl sites for hydroxylation is 1. The summed E-state index contributed by atoms with van der Waals surface area (Å²) < 4.78 is 16.2. The van der Waals surface area contributed by atoms with Crippen molar-refractivity contribution in [1.82, 2.24) is 10.6 Å². The van der Waals surface area contributed by atoms with Crippen LogP contribution in [-0.2, 0) is 6.54 Å². The number of methoxy groups -OCH3 is 3. The number of anilines is 1. The maximum absolute atomic E-state index is 5.42. The van der Waals surface area contributed by atoms with Gasteiger partial charge in [-0.1, -0.05) is 6.07 Å². The molecule has 0 amide bonds. The molecular formula is C25H36N4O3. The van der Waals surface area contributed by atoms with Crippen LogP contribution in [0.25, 0.3) is 0 Å². The molecule has 2 aromatic carbocycles. The second kappa shape index (κ2) is 11.5. The number of hydrogen-bond donors (Lipinski definition) is 2. The first-order chi connectivity index (χ1) is 15.5. The van der Waals surface area contributed by atoms with Crippen molar-refractivity contribution in [1.29, 1.82) is 0 Å². The Morgan fingerprint density at radius 3 is 2.16 bits per heavy atom. The Labute approximate surface area is 191 Å². The molecule has 2 aromatic rings. The molecule has 1 aliphatic heterocycles. The minimum Gasteiger partial charge on any atom is -0.497 e. The van der Waals surface area contributed by atoms with E-state index in [4.69, 9.17) is 19.2 Å². The second-order valence-electron chi connectivity index (χ2n) is 8.03. The van der Waals surface area contributed by atoms with Gasteiger partial charge < -0.3 is 29.7 Å². The minimum atomic E-state index is 0.378. The molecule has 0 bridgehead atoms. The molecule has 2 N–H and O–H groups in total. The summed E-state index contributed by atoms with van der Waals surface area (Å²) >= 11 is 0. The Morgan fingerprint density at radius 2 is 1.56 bits per heavy atom. The lowest BCUT2D eigenvalue weighted by molar-refractivity contribution is 0.393. The van der Waals surface area contributed by atoms with E-state index in [1.54, 1.807) is 21.3 Å². The number of aliphatic imine (C=N–C) groups is 1. The molecule has 0 aliphatic carbocycles. The first-order valence-electron chi connectivity index (χ1n) is 11.2. The van der Waals surface area contributed by atoms with Gasteiger partial charge in [0.25, 0.3) is 0 Å². The predicted octanol–water partition coefficient (Wildman–Crippen LogP) is 3.74. The molecule has 0 unspecified atom stereocenters. The van der Waals surface area contributed by atoms with Crippen LogP contribution in [-0.4, -0.2) is 53.0 Å². The van der Waals surface area contributed by atoms with E-state index < -0.39 is 0 Å². The number of guanidine groups is 1. The largest absolute Gasteiger partial charge is 0.497 e. The fourth-order valence-corrected chi connectivity index (χ4v) is 3.97. The van der Waals surface area contributed by atoms with Gasteiger partial charge in [-0.15, -0.1) is 0 Å². The van der Waals surface area contributed by atoms with Gasteiger partial charge in [0.15, 0.2) is 5.96 Å². The van der Waals surface area contributed by atoms with Crippen molar-refractivity contribution in [2.24, 2.45) is 4.99 Å². The summed E-state index contributed by atoms with van der Waals surface area (Å²) in [6.07, 6.45) is 2.06. The van der Waals surface area contributed by atoms with E-state index in [1.807, 2.05) is 18.2 Å². The van der Waals surface area contributed by atoms with Crippen LogP contribution in [0, 0.1) is 6.92 Å². The van der Waals surface area contributed by atoms with Crippen LogP contribution in [0.1, 0.15) is 30.9 Å². The molecule has 1 aliphatic rings. The molecule has 3 rings (SSSR count). The summed E-state index contributed by atoms with van der Waals surface area (Å²) in [4.78, 5) is 7.19. The van der Waals surface area contributed by atoms with Crippen molar-refractivity contribution < 1.29 is 14.2 Å². The third-order valence-electron chi connectivity index (χ3n) is 5.65. The Bertz CT molecular complexity index is 886. The van der Waals surface area contributed by atoms with Crippen LogP contribution >= 0.6 is 0 Å². The van der Waals surface area contributed by atoms with E-state index >= 15 is 0 Å². The third kappa shape index (κ3) is 6.45. The highest BCUT2D eigenvalue weighted by atomic mass is 16.5. The fourth-order valence-electron chi connectivity index (χ4n) is 3.97. The van der Waals surface area contributed by atoms with Gasteiger partial charge in [0.1, 0.15) is 17.2 Å². The lowest BCUT2D eigenvalue weighted by Gasteiger charge is -2.34. The molecule has 32 heavy (non-hydrogen) atoms. The van der Waals surface area contributed by atoms with Gasteiger partial charge in [0.2, 0.25) is 0 Å². The van der Waals surface area contributed by atoms with Gasteiger partial charge in [-0.3, -0.25) is 0 Å². The molecule has 0 atom stereocenters. The van der Waals surface area contributed by atoms with Gasteiger partial charge in [0.05, 0.1) is 27.9 Å². The van der Waals surface area contributed by atoms with Crippen LogP contribution in [0.5, 0.6) is 17.2 Å². The van der Waals surface area contributed by atoms with Gasteiger partial charge in [0, 0.05) is 49.6 Å². The average molecular weight is 441 g/mol. The Kier molecular flexibility index (Phi) is 8.48. The standard InChI is InChI=1S/C25H36N4O3/c1-6-26-25(27-17-19-11-18(2)12-22(13-19)30-3)28-20-7-9-29(10-8-20)21-14-23(31-4)16-24(15-21)32-5/h11-16,20H,6-10,17H2,1-5H3,(H2,26,27,28). The molecule has 1 heterocycles. The zero-order chi connectivity index (χ0) is 22.9. The summed E-state index contributed by atoms with van der Waals surface area (Å²) in [6.45, 7) is 7.52. The predicted molar refractivity (Wildman–Crippen MR) is 130 cm³/mol. The van der Waals surface area contributed by atoms with E-state index in [0.29, 0.717) is 12.6 Å². The van der Waals surface area contributed by atoms with Crippen LogP contribution in [0.15, 0.2) is 41.4 Å². The second-order valence-corrected chi connectivity index (χ2v) is 8.03. The normalized spacial score (nSPS) is 14.8. The zero-order valence-corrected chi connectivity index (χ0v) is 19.9. The highest BCUT2D eigenvalue weighted by molar-refractivity contribution is 5.80. The van der Waals surface area contributed by atoms with E-state index in [1.165, 1.54) is 5.56 Å². The molecule has 0 spiro atoms. The van der Waals surface area contributed by atoms with Crippen LogP contribution in [0.2, 0.25) is 0 Å². The molecule has 0 aromatic heterocycles. The minimum absolute atomic E-state index is 0.378. The maximum atomic E-state index is 5.42. The summed E-state index contributed by atoms with van der Waals surface area (Å²) in [5, 5.41) is 7.00. The Balaban J connectivity index is 1.60. The topological polar surface area (TPSA) is 67.4 Å². The number of benzene rings is 2. The van der Waals surface area contributed by atoms with Crippen molar-refractivity contribution in [2.75, 3.05) is 45.9 Å². The highest BCUT2D eigenvalue weighted by Crippen LogP contribution is 2.30. The maximum Gasteiger partial charge on any atom is 0.191 e. The zero-order valence-electron chi connectivity index (χ0n) is 19.9. The quantitative estimate of drug-likeness (QED) is 0.481. The number of ether oxygens (including phenoxy) is 3. The van der Waals surface area contributed by atoms with Crippen LogP contribution in [0.4, 0.5) is 5.69 Å². The Morgan fingerprint density at radius 1 is 0.938 bits per heavy atom. The third-order valence-corrected chi connectivity index (χ3v) is 5.65. The number of nitrogens with one attached hydrogen (secondary N) is 2. The van der Waals surface area contributed by atoms with Crippen molar-refractivity contribution in [2.45, 2.75) is 39.3 Å². The van der Waals surface area contributed by atoms with Gasteiger partial charge >= 0.3 is 0 Å². The molecule has 1 saturated heterocycles. The molecule has 174 valence electrons. The molecule has 0 radical (unpaired) electrons. The number of nitrogens with zero attached hydrogens (tertiary/aromatic N) is 2. The molecule has 7 nitrogen and oxygen atoms in total. The van der Waals surface area contributed by atoms with Crippen molar-refractivity contribution >= 4 is 11.6 Å². The lowest BCUT2D eigenvalue weighted by Crippen LogP contribution is -2.48. The monoisotopic (exact) mass is 440 g/mol. The van der Waals surface area contributed by atoms with Crippen molar-refractivity contribution in [3.63, 3.8) is 0 Å². The summed E-state index contributed by atoms with van der Waals surface area (Å²) in [5.41, 5.74) is 3.45. The smallest absolute Gasteiger partial charge is 0.191 e. The molecule has 1 fully saturated rings. The molecular weight excluding hydrogens is 404 g/mol. The highest BCUT2D eigenvalue weighted by Gasteiger charge is 2.21. The number of rotatable bonds is 8. The number of piperidine rings is 1. The fraction of sp³-hybridized carbons (Fsp3) is 0.480. The van der Waals surface area contributed by atoms with E-state index in [-0.39, 0.29) is 0 Å².